The molecule has 0 amide bonds. The number of methoxy groups -OCH3 is 2. The molecule has 0 spiro atoms. The van der Waals surface area contributed by atoms with E-state index in [1.165, 1.54) is 0 Å². The standard InChI is InChI=1S/2C2H6O.BFH2O2/c2*1-3-2;2-1(3)4/h2*1-2H3;3-4H. The molecular weight excluding hydrogens is 142 g/mol. The molecule has 0 fully saturated rings. The van der Waals surface area contributed by atoms with E-state index in [4.69, 9.17) is 10.0 Å². The molecule has 0 aromatic heterocycles. The van der Waals surface area contributed by atoms with Gasteiger partial charge in [-0.2, -0.15) is 0 Å². The first-order chi connectivity index (χ1) is 4.56. The van der Waals surface area contributed by atoms with E-state index in [9.17, 15) is 4.32 Å². The molecule has 0 saturated heterocycles. The molecule has 0 saturated carbocycles. The molecule has 0 aliphatic carbocycles. The van der Waals surface area contributed by atoms with Gasteiger partial charge >= 0.3 is 7.40 Å². The van der Waals surface area contributed by atoms with E-state index in [1.54, 1.807) is 28.4 Å². The van der Waals surface area contributed by atoms with Crippen molar-refractivity contribution in [2.75, 3.05) is 28.4 Å². The van der Waals surface area contributed by atoms with Crippen LogP contribution in [0.25, 0.3) is 0 Å². The molecule has 0 aliphatic rings. The monoisotopic (exact) mass is 156 g/mol. The minimum Gasteiger partial charge on any atom is -0.398 e. The molecule has 0 heterocycles. The molecule has 10 heavy (non-hydrogen) atoms. The maximum atomic E-state index is 10.1. The van der Waals surface area contributed by atoms with Crippen molar-refractivity contribution in [1.29, 1.82) is 0 Å². The highest BCUT2D eigenvalue weighted by molar-refractivity contribution is 6.31. The molecule has 0 bridgehead atoms. The first-order valence-electron chi connectivity index (χ1n) is 2.37. The molecule has 0 atom stereocenters. The van der Waals surface area contributed by atoms with Crippen molar-refractivity contribution in [3.05, 3.63) is 0 Å². The van der Waals surface area contributed by atoms with Crippen LogP contribution in [0.15, 0.2) is 0 Å². The van der Waals surface area contributed by atoms with Gasteiger partial charge in [-0.25, -0.2) is 0 Å². The van der Waals surface area contributed by atoms with E-state index in [-0.39, 0.29) is 0 Å². The lowest BCUT2D eigenvalue weighted by Crippen LogP contribution is -1.98. The third-order valence-electron chi connectivity index (χ3n) is 0. The Morgan fingerprint density at radius 3 is 1.00 bits per heavy atom. The van der Waals surface area contributed by atoms with Gasteiger partial charge in [0.15, 0.2) is 0 Å². The lowest BCUT2D eigenvalue weighted by Gasteiger charge is -1.65. The van der Waals surface area contributed by atoms with Gasteiger partial charge in [0.05, 0.1) is 0 Å². The minimum atomic E-state index is -2.67. The average Bonchev–Trinajstić information content (AvgIpc) is 1.65. The zero-order chi connectivity index (χ0) is 8.99. The quantitative estimate of drug-likeness (QED) is 0.462. The Hall–Kier alpha value is -0.165. The second kappa shape index (κ2) is 23.2. The Bertz CT molecular complexity index is 33.7. The third kappa shape index (κ3) is 13400. The molecule has 0 aromatic rings. The van der Waals surface area contributed by atoms with E-state index < -0.39 is 7.40 Å². The highest BCUT2D eigenvalue weighted by atomic mass is 19.1. The summed E-state index contributed by atoms with van der Waals surface area (Å²) < 4.78 is 18.6. The normalized spacial score (nSPS) is 6.30. The van der Waals surface area contributed by atoms with Crippen molar-refractivity contribution in [3.8, 4) is 0 Å². The van der Waals surface area contributed by atoms with Crippen LogP contribution in [0, 0.1) is 0 Å². The predicted octanol–water partition coefficient (Wildman–Crippen LogP) is -0.549. The molecule has 6 heteroatoms. The van der Waals surface area contributed by atoms with Crippen molar-refractivity contribution in [3.63, 3.8) is 0 Å². The van der Waals surface area contributed by atoms with Gasteiger partial charge in [0, 0.05) is 28.4 Å². The lowest BCUT2D eigenvalue weighted by molar-refractivity contribution is 0.277. The summed E-state index contributed by atoms with van der Waals surface area (Å²) in [4.78, 5) is 0. The number of halogens is 1. The van der Waals surface area contributed by atoms with Crippen molar-refractivity contribution in [2.24, 2.45) is 0 Å². The second-order valence-corrected chi connectivity index (χ2v) is 1.13. The molecule has 0 rings (SSSR count). The molecule has 0 aromatic carbocycles. The Labute approximate surface area is 60.8 Å². The number of rotatable bonds is 0. The van der Waals surface area contributed by atoms with Crippen LogP contribution in [-0.4, -0.2) is 45.9 Å². The summed E-state index contributed by atoms with van der Waals surface area (Å²) in [5.74, 6) is 0. The maximum Gasteiger partial charge on any atom is 0.674 e. The van der Waals surface area contributed by atoms with Gasteiger partial charge in [0.2, 0.25) is 0 Å². The molecule has 4 nitrogen and oxygen atoms in total. The molecule has 0 aliphatic heterocycles. The van der Waals surface area contributed by atoms with Crippen LogP contribution in [-0.2, 0) is 9.47 Å². The van der Waals surface area contributed by atoms with E-state index >= 15 is 0 Å². The SMILES string of the molecule is COC.COC.OB(O)F. The first kappa shape index (κ1) is 16.4. The van der Waals surface area contributed by atoms with Crippen LogP contribution in [0.4, 0.5) is 4.32 Å². The first-order valence-corrected chi connectivity index (χ1v) is 2.37. The van der Waals surface area contributed by atoms with Crippen LogP contribution in [0.1, 0.15) is 0 Å². The van der Waals surface area contributed by atoms with Crippen LogP contribution in [0.2, 0.25) is 0 Å². The second-order valence-electron chi connectivity index (χ2n) is 1.13. The Balaban J connectivity index is -0.0000000750. The highest BCUT2D eigenvalue weighted by Crippen LogP contribution is 1.57. The van der Waals surface area contributed by atoms with Crippen LogP contribution in [0.5, 0.6) is 0 Å². The fourth-order valence-electron chi connectivity index (χ4n) is 0. The van der Waals surface area contributed by atoms with E-state index in [0.717, 1.165) is 0 Å². The van der Waals surface area contributed by atoms with Gasteiger partial charge in [0.25, 0.3) is 0 Å². The maximum absolute atomic E-state index is 10.1. The minimum absolute atomic E-state index is 1.62. The summed E-state index contributed by atoms with van der Waals surface area (Å²) in [7, 11) is 3.83. The Kier molecular flexibility index (Phi) is 38.1. The zero-order valence-electron chi connectivity index (χ0n) is 6.67. The number of hydrogen-bond donors (Lipinski definition) is 2. The molecule has 64 valence electrons. The Morgan fingerprint density at radius 2 is 1.00 bits per heavy atom. The third-order valence-corrected chi connectivity index (χ3v) is 0. The van der Waals surface area contributed by atoms with Gasteiger partial charge in [-0.15, -0.1) is 0 Å². The lowest BCUT2D eigenvalue weighted by atomic mass is 10.3. The number of ether oxygens (including phenoxy) is 2. The van der Waals surface area contributed by atoms with E-state index in [2.05, 4.69) is 9.47 Å². The summed E-state index contributed by atoms with van der Waals surface area (Å²) in [5.41, 5.74) is 0. The fraction of sp³-hybridized carbons (Fsp3) is 1.00. The van der Waals surface area contributed by atoms with Gasteiger partial charge in [-0.1, -0.05) is 0 Å². The molecular formula is C4H14BFO4. The highest BCUT2D eigenvalue weighted by Gasteiger charge is 1.97. The summed E-state index contributed by atoms with van der Waals surface area (Å²) >= 11 is 0. The Morgan fingerprint density at radius 1 is 1.00 bits per heavy atom. The topological polar surface area (TPSA) is 58.9 Å². The molecule has 2 N–H and O–H groups in total. The average molecular weight is 156 g/mol. The van der Waals surface area contributed by atoms with E-state index in [0.29, 0.717) is 0 Å². The van der Waals surface area contributed by atoms with Gasteiger partial charge in [-0.3, -0.25) is 4.32 Å². The molecule has 0 radical (unpaired) electrons. The summed E-state index contributed by atoms with van der Waals surface area (Å²) in [6, 6.07) is 0. The van der Waals surface area contributed by atoms with E-state index in [1.807, 2.05) is 0 Å². The molecule has 0 unspecified atom stereocenters. The van der Waals surface area contributed by atoms with Crippen molar-refractivity contribution < 1.29 is 23.8 Å². The van der Waals surface area contributed by atoms with Gasteiger partial charge < -0.3 is 19.5 Å². The summed E-state index contributed by atoms with van der Waals surface area (Å²) in [6.07, 6.45) is 0. The van der Waals surface area contributed by atoms with Crippen LogP contribution in [0.3, 0.4) is 0 Å². The zero-order valence-corrected chi connectivity index (χ0v) is 6.67. The van der Waals surface area contributed by atoms with Gasteiger partial charge in [-0.05, 0) is 0 Å². The van der Waals surface area contributed by atoms with Crippen molar-refractivity contribution in [2.45, 2.75) is 0 Å². The largest absolute Gasteiger partial charge is 0.674 e. The predicted molar refractivity (Wildman–Crippen MR) is 37.2 cm³/mol. The van der Waals surface area contributed by atoms with Gasteiger partial charge in [0.1, 0.15) is 0 Å². The van der Waals surface area contributed by atoms with Crippen molar-refractivity contribution >= 4 is 7.40 Å². The summed E-state index contributed by atoms with van der Waals surface area (Å²) in [6.45, 7) is 0. The smallest absolute Gasteiger partial charge is 0.398 e. The summed E-state index contributed by atoms with van der Waals surface area (Å²) in [5, 5.41) is 13.9. The van der Waals surface area contributed by atoms with Crippen LogP contribution < -0.4 is 0 Å². The van der Waals surface area contributed by atoms with Crippen molar-refractivity contribution in [1.82, 2.24) is 0 Å². The fourth-order valence-corrected chi connectivity index (χ4v) is 0. The van der Waals surface area contributed by atoms with Crippen LogP contribution >= 0.6 is 0 Å². The number of hydrogen-bond acceptors (Lipinski definition) is 4.